The topological polar surface area (TPSA) is 55.4 Å². The lowest BCUT2D eigenvalue weighted by Crippen LogP contribution is -2.36. The molecule has 4 nitrogen and oxygen atoms in total. The van der Waals surface area contributed by atoms with Crippen LogP contribution in [0.2, 0.25) is 0 Å². The van der Waals surface area contributed by atoms with E-state index in [9.17, 15) is 9.59 Å². The van der Waals surface area contributed by atoms with Crippen molar-refractivity contribution in [2.24, 2.45) is 0 Å². The fourth-order valence-electron chi connectivity index (χ4n) is 0.702. The second-order valence-electron chi connectivity index (χ2n) is 2.61. The highest BCUT2D eigenvalue weighted by molar-refractivity contribution is 6.41. The van der Waals surface area contributed by atoms with E-state index in [2.05, 4.69) is 5.32 Å². The van der Waals surface area contributed by atoms with E-state index in [-0.39, 0.29) is 5.78 Å². The molecule has 0 spiro atoms. The standard InChI is InChI=1S/C8H14ClNO3/c1-6(11)7(9)8(12)10-4-3-5-13-2/h7H,3-5H2,1-2H3,(H,10,12). The fourth-order valence-corrected chi connectivity index (χ4v) is 0.779. The molecule has 13 heavy (non-hydrogen) atoms. The molecule has 0 aliphatic rings. The Morgan fingerprint density at radius 1 is 1.54 bits per heavy atom. The van der Waals surface area contributed by atoms with Crippen LogP contribution in [0.1, 0.15) is 13.3 Å². The first-order valence-electron chi connectivity index (χ1n) is 4.00. The van der Waals surface area contributed by atoms with Crippen LogP contribution in [0.3, 0.4) is 0 Å². The Balaban J connectivity index is 3.56. The summed E-state index contributed by atoms with van der Waals surface area (Å²) in [6.45, 7) is 2.34. The zero-order chi connectivity index (χ0) is 10.3. The van der Waals surface area contributed by atoms with E-state index in [1.807, 2.05) is 0 Å². The van der Waals surface area contributed by atoms with Crippen LogP contribution in [0.4, 0.5) is 0 Å². The van der Waals surface area contributed by atoms with Crippen molar-refractivity contribution in [3.8, 4) is 0 Å². The van der Waals surface area contributed by atoms with Gasteiger partial charge in [-0.2, -0.15) is 0 Å². The van der Waals surface area contributed by atoms with Crippen LogP contribution in [0.5, 0.6) is 0 Å². The molecule has 0 aromatic heterocycles. The third-order valence-corrected chi connectivity index (χ3v) is 1.92. The Morgan fingerprint density at radius 2 is 2.15 bits per heavy atom. The van der Waals surface area contributed by atoms with Crippen molar-refractivity contribution in [2.75, 3.05) is 20.3 Å². The number of carbonyl (C=O) groups is 2. The largest absolute Gasteiger partial charge is 0.385 e. The van der Waals surface area contributed by atoms with Crippen molar-refractivity contribution in [1.29, 1.82) is 0 Å². The number of Topliss-reactive ketones (excluding diaryl/α,β-unsaturated/α-hetero) is 1. The Morgan fingerprint density at radius 3 is 2.62 bits per heavy atom. The van der Waals surface area contributed by atoms with Gasteiger partial charge < -0.3 is 10.1 Å². The number of amides is 1. The van der Waals surface area contributed by atoms with Crippen molar-refractivity contribution in [2.45, 2.75) is 18.7 Å². The maximum absolute atomic E-state index is 11.0. The maximum Gasteiger partial charge on any atom is 0.245 e. The quantitative estimate of drug-likeness (QED) is 0.388. The second-order valence-corrected chi connectivity index (χ2v) is 3.05. The number of ketones is 1. The van der Waals surface area contributed by atoms with E-state index in [0.29, 0.717) is 19.6 Å². The summed E-state index contributed by atoms with van der Waals surface area (Å²) in [6, 6.07) is 0. The normalized spacial score (nSPS) is 12.2. The van der Waals surface area contributed by atoms with Crippen LogP contribution in [-0.2, 0) is 14.3 Å². The van der Waals surface area contributed by atoms with Crippen LogP contribution in [0.25, 0.3) is 0 Å². The highest BCUT2D eigenvalue weighted by Crippen LogP contribution is 1.96. The predicted octanol–water partition coefficient (Wildman–Crippen LogP) is 0.335. The molecule has 0 rings (SSSR count). The van der Waals surface area contributed by atoms with Crippen LogP contribution < -0.4 is 5.32 Å². The van der Waals surface area contributed by atoms with Gasteiger partial charge in [-0.3, -0.25) is 9.59 Å². The monoisotopic (exact) mass is 207 g/mol. The molecule has 0 aromatic rings. The van der Waals surface area contributed by atoms with Crippen molar-refractivity contribution in [3.63, 3.8) is 0 Å². The minimum Gasteiger partial charge on any atom is -0.385 e. The Hall–Kier alpha value is -0.610. The number of alkyl halides is 1. The molecule has 76 valence electrons. The lowest BCUT2D eigenvalue weighted by molar-refractivity contribution is -0.126. The summed E-state index contributed by atoms with van der Waals surface area (Å²) in [4.78, 5) is 21.7. The molecule has 0 radical (unpaired) electrons. The molecule has 0 aliphatic carbocycles. The first-order chi connectivity index (χ1) is 6.09. The van der Waals surface area contributed by atoms with Gasteiger partial charge in [0, 0.05) is 20.3 Å². The summed E-state index contributed by atoms with van der Waals surface area (Å²) in [5.41, 5.74) is 0. The second kappa shape index (κ2) is 6.86. The molecule has 0 aromatic carbocycles. The molecule has 5 heteroatoms. The maximum atomic E-state index is 11.0. The van der Waals surface area contributed by atoms with E-state index in [0.717, 1.165) is 0 Å². The van der Waals surface area contributed by atoms with Gasteiger partial charge in [-0.25, -0.2) is 0 Å². The van der Waals surface area contributed by atoms with Gasteiger partial charge >= 0.3 is 0 Å². The zero-order valence-electron chi connectivity index (χ0n) is 7.80. The van der Waals surface area contributed by atoms with Crippen LogP contribution >= 0.6 is 11.6 Å². The molecule has 0 bridgehead atoms. The van der Waals surface area contributed by atoms with Crippen LogP contribution in [0.15, 0.2) is 0 Å². The number of carbonyl (C=O) groups excluding carboxylic acids is 2. The Labute approximate surface area is 82.6 Å². The summed E-state index contributed by atoms with van der Waals surface area (Å²) in [5.74, 6) is -0.781. The highest BCUT2D eigenvalue weighted by atomic mass is 35.5. The molecular weight excluding hydrogens is 194 g/mol. The Kier molecular flexibility index (Phi) is 6.54. The summed E-state index contributed by atoms with van der Waals surface area (Å²) in [7, 11) is 1.59. The van der Waals surface area contributed by atoms with Crippen molar-refractivity contribution >= 4 is 23.3 Å². The highest BCUT2D eigenvalue weighted by Gasteiger charge is 2.18. The first-order valence-corrected chi connectivity index (χ1v) is 4.44. The van der Waals surface area contributed by atoms with E-state index < -0.39 is 11.3 Å². The minimum absolute atomic E-state index is 0.342. The molecule has 0 heterocycles. The molecule has 1 amide bonds. The number of ether oxygens (including phenoxy) is 1. The molecule has 0 fully saturated rings. The van der Waals surface area contributed by atoms with Gasteiger partial charge in [0.15, 0.2) is 11.2 Å². The molecular formula is C8H14ClNO3. The number of hydrogen-bond acceptors (Lipinski definition) is 3. The molecule has 1 N–H and O–H groups in total. The smallest absolute Gasteiger partial charge is 0.245 e. The van der Waals surface area contributed by atoms with Gasteiger partial charge in [0.05, 0.1) is 0 Å². The summed E-state index contributed by atoms with van der Waals surface area (Å²) in [5, 5.41) is 1.46. The average Bonchev–Trinajstić information content (AvgIpc) is 2.10. The van der Waals surface area contributed by atoms with Gasteiger partial charge in [-0.05, 0) is 13.3 Å². The van der Waals surface area contributed by atoms with Gasteiger partial charge in [-0.15, -0.1) is 11.6 Å². The van der Waals surface area contributed by atoms with E-state index >= 15 is 0 Å². The van der Waals surface area contributed by atoms with E-state index in [4.69, 9.17) is 16.3 Å². The van der Waals surface area contributed by atoms with Crippen molar-refractivity contribution < 1.29 is 14.3 Å². The average molecular weight is 208 g/mol. The van der Waals surface area contributed by atoms with Crippen molar-refractivity contribution in [3.05, 3.63) is 0 Å². The molecule has 1 atom stereocenters. The van der Waals surface area contributed by atoms with E-state index in [1.165, 1.54) is 6.92 Å². The number of hydrogen-bond donors (Lipinski definition) is 1. The molecule has 0 saturated carbocycles. The predicted molar refractivity (Wildman–Crippen MR) is 49.8 cm³/mol. The first kappa shape index (κ1) is 12.4. The van der Waals surface area contributed by atoms with Gasteiger partial charge in [0.25, 0.3) is 0 Å². The lowest BCUT2D eigenvalue weighted by Gasteiger charge is -2.06. The number of rotatable bonds is 6. The Bertz CT molecular complexity index is 184. The zero-order valence-corrected chi connectivity index (χ0v) is 8.56. The fraction of sp³-hybridized carbons (Fsp3) is 0.750. The molecule has 1 unspecified atom stereocenters. The number of nitrogens with one attached hydrogen (secondary N) is 1. The number of halogens is 1. The summed E-state index contributed by atoms with van der Waals surface area (Å²) < 4.78 is 4.78. The van der Waals surface area contributed by atoms with Crippen molar-refractivity contribution in [1.82, 2.24) is 5.32 Å². The minimum atomic E-state index is -1.07. The van der Waals surface area contributed by atoms with E-state index in [1.54, 1.807) is 7.11 Å². The SMILES string of the molecule is COCCCNC(=O)C(Cl)C(C)=O. The third kappa shape index (κ3) is 5.60. The third-order valence-electron chi connectivity index (χ3n) is 1.41. The van der Waals surface area contributed by atoms with Crippen LogP contribution in [-0.4, -0.2) is 37.3 Å². The number of methoxy groups -OCH3 is 1. The summed E-state index contributed by atoms with van der Waals surface area (Å²) >= 11 is 5.49. The summed E-state index contributed by atoms with van der Waals surface area (Å²) in [6.07, 6.45) is 0.712. The van der Waals surface area contributed by atoms with Gasteiger partial charge in [0.1, 0.15) is 0 Å². The molecule has 0 saturated heterocycles. The van der Waals surface area contributed by atoms with Gasteiger partial charge in [0.2, 0.25) is 5.91 Å². The molecule has 0 aliphatic heterocycles. The lowest BCUT2D eigenvalue weighted by atomic mass is 10.3. The van der Waals surface area contributed by atoms with Gasteiger partial charge in [-0.1, -0.05) is 0 Å². The van der Waals surface area contributed by atoms with Crippen LogP contribution in [0, 0.1) is 0 Å².